The molecular weight excluding hydrogens is 534 g/mol. The Labute approximate surface area is 259 Å². The number of hydrogen-bond donors (Lipinski definition) is 2. The lowest BCUT2D eigenvalue weighted by molar-refractivity contribution is 0.303. The van der Waals surface area contributed by atoms with Gasteiger partial charge in [-0.3, -0.25) is 4.99 Å². The van der Waals surface area contributed by atoms with Gasteiger partial charge in [0.2, 0.25) is 0 Å². The van der Waals surface area contributed by atoms with E-state index < -0.39 is 0 Å². The third-order valence-corrected chi connectivity index (χ3v) is 7.51. The zero-order valence-electron chi connectivity index (χ0n) is 27.3. The SMILES string of the molecule is CCCCCCCCCCOc1ccc(O)c(C=Nc2cccnc2/N=C/c2cc(C(C)(C)C)cc(C(C)(C)C)c2O)c1. The van der Waals surface area contributed by atoms with Crippen LogP contribution in [0.5, 0.6) is 17.2 Å². The molecule has 1 aromatic heterocycles. The van der Waals surface area contributed by atoms with E-state index in [9.17, 15) is 10.2 Å². The van der Waals surface area contributed by atoms with E-state index in [1.807, 2.05) is 12.1 Å². The van der Waals surface area contributed by atoms with Crippen molar-refractivity contribution in [3.8, 4) is 17.2 Å². The van der Waals surface area contributed by atoms with E-state index in [-0.39, 0.29) is 22.3 Å². The molecule has 0 atom stereocenters. The normalized spacial score (nSPS) is 12.4. The van der Waals surface area contributed by atoms with Crippen LogP contribution in [0.3, 0.4) is 0 Å². The van der Waals surface area contributed by atoms with Gasteiger partial charge in [-0.1, -0.05) is 99.5 Å². The Morgan fingerprint density at radius 1 is 0.767 bits per heavy atom. The van der Waals surface area contributed by atoms with Gasteiger partial charge in [0.05, 0.1) is 6.61 Å². The summed E-state index contributed by atoms with van der Waals surface area (Å²) in [5.41, 5.74) is 3.41. The van der Waals surface area contributed by atoms with Crippen LogP contribution in [-0.4, -0.2) is 34.2 Å². The number of aromatic nitrogens is 1. The molecule has 6 nitrogen and oxygen atoms in total. The van der Waals surface area contributed by atoms with Crippen LogP contribution in [0.15, 0.2) is 58.6 Å². The van der Waals surface area contributed by atoms with Crippen LogP contribution in [0.2, 0.25) is 0 Å². The number of hydrogen-bond acceptors (Lipinski definition) is 6. The molecule has 0 bridgehead atoms. The van der Waals surface area contributed by atoms with Gasteiger partial charge in [-0.05, 0) is 59.2 Å². The molecule has 0 radical (unpaired) electrons. The minimum absolute atomic E-state index is 0.0924. The predicted molar refractivity (Wildman–Crippen MR) is 180 cm³/mol. The van der Waals surface area contributed by atoms with Gasteiger partial charge in [-0.25, -0.2) is 9.98 Å². The van der Waals surface area contributed by atoms with E-state index in [0.29, 0.717) is 35.0 Å². The number of phenols is 2. The van der Waals surface area contributed by atoms with Crippen molar-refractivity contribution < 1.29 is 14.9 Å². The molecule has 0 aliphatic heterocycles. The lowest BCUT2D eigenvalue weighted by Crippen LogP contribution is -2.17. The summed E-state index contributed by atoms with van der Waals surface area (Å²) in [5, 5.41) is 21.6. The maximum absolute atomic E-state index is 11.1. The Morgan fingerprint density at radius 3 is 2.12 bits per heavy atom. The summed E-state index contributed by atoms with van der Waals surface area (Å²) in [7, 11) is 0. The minimum Gasteiger partial charge on any atom is -0.507 e. The standard InChI is InChI=1S/C37H51N3O3/c1-8-9-10-11-12-13-14-15-21-43-30-18-19-33(41)27(23-30)25-39-32-17-16-20-38-35(32)40-26-28-22-29(36(2,3)4)24-31(34(28)42)37(5,6)7/h16-20,22-26,41-42H,8-15,21H2,1-7H3/b39-25?,40-26+. The number of benzene rings is 2. The van der Waals surface area contributed by atoms with Crippen molar-refractivity contribution in [3.63, 3.8) is 0 Å². The first-order valence-electron chi connectivity index (χ1n) is 15.8. The smallest absolute Gasteiger partial charge is 0.178 e. The fourth-order valence-electron chi connectivity index (χ4n) is 4.77. The highest BCUT2D eigenvalue weighted by molar-refractivity contribution is 5.89. The fraction of sp³-hybridized carbons (Fsp3) is 0.486. The van der Waals surface area contributed by atoms with Crippen molar-refractivity contribution in [1.29, 1.82) is 0 Å². The summed E-state index contributed by atoms with van der Waals surface area (Å²) in [4.78, 5) is 13.6. The second kappa shape index (κ2) is 15.7. The van der Waals surface area contributed by atoms with Gasteiger partial charge >= 0.3 is 0 Å². The molecule has 6 heteroatoms. The molecule has 3 rings (SSSR count). The van der Waals surface area contributed by atoms with E-state index in [2.05, 4.69) is 69.5 Å². The van der Waals surface area contributed by atoms with Crippen molar-refractivity contribution in [1.82, 2.24) is 4.98 Å². The van der Waals surface area contributed by atoms with Crippen LogP contribution >= 0.6 is 0 Å². The third kappa shape index (κ3) is 10.5. The van der Waals surface area contributed by atoms with Gasteiger partial charge in [0.25, 0.3) is 0 Å². The van der Waals surface area contributed by atoms with Gasteiger partial charge < -0.3 is 14.9 Å². The quantitative estimate of drug-likeness (QED) is 0.146. The molecule has 3 aromatic rings. The topological polar surface area (TPSA) is 87.3 Å². The molecule has 1 heterocycles. The summed E-state index contributed by atoms with van der Waals surface area (Å²) in [6, 6.07) is 12.9. The molecule has 0 saturated carbocycles. The molecule has 0 aliphatic rings. The van der Waals surface area contributed by atoms with Crippen LogP contribution in [0.1, 0.15) is 122 Å². The molecule has 0 fully saturated rings. The van der Waals surface area contributed by atoms with Gasteiger partial charge in [-0.15, -0.1) is 0 Å². The molecule has 2 N–H and O–H groups in total. The van der Waals surface area contributed by atoms with Gasteiger partial charge in [0, 0.05) is 35.3 Å². The van der Waals surface area contributed by atoms with Gasteiger partial charge in [-0.2, -0.15) is 0 Å². The van der Waals surface area contributed by atoms with E-state index >= 15 is 0 Å². The first kappa shape index (κ1) is 33.8. The van der Waals surface area contributed by atoms with Crippen molar-refractivity contribution >= 4 is 23.9 Å². The molecule has 0 unspecified atom stereocenters. The van der Waals surface area contributed by atoms with E-state index in [0.717, 1.165) is 17.5 Å². The molecule has 232 valence electrons. The third-order valence-electron chi connectivity index (χ3n) is 7.51. The van der Waals surface area contributed by atoms with Crippen molar-refractivity contribution in [3.05, 3.63) is 70.9 Å². The zero-order chi connectivity index (χ0) is 31.5. The van der Waals surface area contributed by atoms with Crippen molar-refractivity contribution in [2.75, 3.05) is 6.61 Å². The monoisotopic (exact) mass is 585 g/mol. The second-order valence-corrected chi connectivity index (χ2v) is 13.4. The second-order valence-electron chi connectivity index (χ2n) is 13.4. The lowest BCUT2D eigenvalue weighted by Gasteiger charge is -2.26. The fourth-order valence-corrected chi connectivity index (χ4v) is 4.77. The summed E-state index contributed by atoms with van der Waals surface area (Å²) in [6.45, 7) is 15.6. The molecule has 0 amide bonds. The predicted octanol–water partition coefficient (Wildman–Crippen LogP) is 10.1. The first-order valence-corrected chi connectivity index (χ1v) is 15.8. The highest BCUT2D eigenvalue weighted by Gasteiger charge is 2.24. The highest BCUT2D eigenvalue weighted by atomic mass is 16.5. The first-order chi connectivity index (χ1) is 20.4. The van der Waals surface area contributed by atoms with Crippen LogP contribution in [0.4, 0.5) is 11.5 Å². The number of aliphatic imine (C=N–C) groups is 2. The van der Waals surface area contributed by atoms with Crippen molar-refractivity contribution in [2.24, 2.45) is 9.98 Å². The van der Waals surface area contributed by atoms with Crippen LogP contribution in [0, 0.1) is 0 Å². The maximum Gasteiger partial charge on any atom is 0.178 e. The summed E-state index contributed by atoms with van der Waals surface area (Å²) in [6.07, 6.45) is 14.9. The van der Waals surface area contributed by atoms with E-state index in [4.69, 9.17) is 4.74 Å². The number of rotatable bonds is 14. The van der Waals surface area contributed by atoms with Crippen molar-refractivity contribution in [2.45, 2.75) is 111 Å². The zero-order valence-corrected chi connectivity index (χ0v) is 27.3. The van der Waals surface area contributed by atoms with E-state index in [1.54, 1.807) is 42.9 Å². The molecule has 43 heavy (non-hydrogen) atoms. The number of aromatic hydroxyl groups is 2. The molecule has 0 aliphatic carbocycles. The molecule has 0 spiro atoms. The van der Waals surface area contributed by atoms with E-state index in [1.165, 1.54) is 44.9 Å². The Balaban J connectivity index is 1.73. The number of pyridine rings is 1. The molecule has 0 saturated heterocycles. The Kier molecular flexibility index (Phi) is 12.4. The molecular formula is C37H51N3O3. The Hall–Kier alpha value is -3.67. The number of ether oxygens (including phenoxy) is 1. The number of unbranched alkanes of at least 4 members (excludes halogenated alkanes) is 7. The Bertz CT molecular complexity index is 1380. The number of nitrogens with zero attached hydrogens (tertiary/aromatic N) is 3. The Morgan fingerprint density at radius 2 is 1.44 bits per heavy atom. The summed E-state index contributed by atoms with van der Waals surface area (Å²) >= 11 is 0. The van der Waals surface area contributed by atoms with Crippen LogP contribution in [0.25, 0.3) is 0 Å². The van der Waals surface area contributed by atoms with Gasteiger partial charge in [0.15, 0.2) is 5.82 Å². The maximum atomic E-state index is 11.1. The largest absolute Gasteiger partial charge is 0.507 e. The summed E-state index contributed by atoms with van der Waals surface area (Å²) in [5.74, 6) is 1.46. The van der Waals surface area contributed by atoms with Crippen LogP contribution in [-0.2, 0) is 10.8 Å². The number of phenolic OH excluding ortho intramolecular Hbond substituents is 2. The van der Waals surface area contributed by atoms with Gasteiger partial charge in [0.1, 0.15) is 22.9 Å². The highest BCUT2D eigenvalue weighted by Crippen LogP contribution is 2.37. The average Bonchev–Trinajstić information content (AvgIpc) is 2.95. The van der Waals surface area contributed by atoms with Crippen LogP contribution < -0.4 is 4.74 Å². The summed E-state index contributed by atoms with van der Waals surface area (Å²) < 4.78 is 5.96. The lowest BCUT2D eigenvalue weighted by atomic mass is 9.79. The molecule has 2 aromatic carbocycles. The minimum atomic E-state index is -0.234. The average molecular weight is 586 g/mol.